The highest BCUT2D eigenvalue weighted by Crippen LogP contribution is 2.34. The summed E-state index contributed by atoms with van der Waals surface area (Å²) in [7, 11) is 0. The number of halogens is 1. The molecule has 2 aromatic carbocycles. The lowest BCUT2D eigenvalue weighted by Gasteiger charge is -2.38. The molecule has 30 heavy (non-hydrogen) atoms. The zero-order valence-corrected chi connectivity index (χ0v) is 17.0. The van der Waals surface area contributed by atoms with Crippen LogP contribution in [0.25, 0.3) is 0 Å². The van der Waals surface area contributed by atoms with E-state index in [-0.39, 0.29) is 35.4 Å². The third kappa shape index (κ3) is 4.87. The van der Waals surface area contributed by atoms with Gasteiger partial charge in [-0.1, -0.05) is 31.0 Å². The SMILES string of the molecule is NC1CCCCC1N(Cc1ccc(NC(=O)c2cccc(F)c2)cc1)C(=O)C1CC1. The quantitative estimate of drug-likeness (QED) is 0.755. The molecule has 0 aliphatic heterocycles. The lowest BCUT2D eigenvalue weighted by Crippen LogP contribution is -2.52. The second-order valence-electron chi connectivity index (χ2n) is 8.42. The Morgan fingerprint density at radius 3 is 2.43 bits per heavy atom. The number of nitrogens with one attached hydrogen (secondary N) is 1. The Morgan fingerprint density at radius 2 is 1.77 bits per heavy atom. The Bertz CT molecular complexity index is 911. The summed E-state index contributed by atoms with van der Waals surface area (Å²) < 4.78 is 13.3. The fraction of sp³-hybridized carbons (Fsp3) is 0.417. The molecule has 2 atom stereocenters. The molecule has 2 saturated carbocycles. The van der Waals surface area contributed by atoms with Crippen LogP contribution >= 0.6 is 0 Å². The van der Waals surface area contributed by atoms with Gasteiger partial charge in [0, 0.05) is 35.8 Å². The van der Waals surface area contributed by atoms with Gasteiger partial charge in [-0.25, -0.2) is 4.39 Å². The minimum atomic E-state index is -0.445. The van der Waals surface area contributed by atoms with Gasteiger partial charge < -0.3 is 16.0 Å². The number of hydrogen-bond donors (Lipinski definition) is 2. The van der Waals surface area contributed by atoms with Gasteiger partial charge in [-0.05, 0) is 61.6 Å². The van der Waals surface area contributed by atoms with Crippen molar-refractivity contribution in [2.24, 2.45) is 11.7 Å². The number of carbonyl (C=O) groups is 2. The van der Waals surface area contributed by atoms with E-state index in [2.05, 4.69) is 5.32 Å². The van der Waals surface area contributed by atoms with Crippen molar-refractivity contribution in [3.05, 3.63) is 65.5 Å². The van der Waals surface area contributed by atoms with Crippen LogP contribution in [0.5, 0.6) is 0 Å². The summed E-state index contributed by atoms with van der Waals surface area (Å²) in [5, 5.41) is 2.78. The van der Waals surface area contributed by atoms with Crippen molar-refractivity contribution in [2.45, 2.75) is 57.2 Å². The molecule has 2 aliphatic carbocycles. The number of amides is 2. The van der Waals surface area contributed by atoms with Gasteiger partial charge in [0.05, 0.1) is 0 Å². The van der Waals surface area contributed by atoms with Crippen LogP contribution in [0, 0.1) is 11.7 Å². The summed E-state index contributed by atoms with van der Waals surface area (Å²) in [5.74, 6) is -0.426. The van der Waals surface area contributed by atoms with Gasteiger partial charge in [-0.3, -0.25) is 9.59 Å². The van der Waals surface area contributed by atoms with Crippen molar-refractivity contribution in [3.63, 3.8) is 0 Å². The first-order valence-electron chi connectivity index (χ1n) is 10.7. The fourth-order valence-electron chi connectivity index (χ4n) is 4.17. The van der Waals surface area contributed by atoms with Crippen LogP contribution in [0.4, 0.5) is 10.1 Å². The second-order valence-corrected chi connectivity index (χ2v) is 8.42. The molecule has 0 heterocycles. The molecule has 2 amide bonds. The average Bonchev–Trinajstić information content (AvgIpc) is 3.59. The highest BCUT2D eigenvalue weighted by molar-refractivity contribution is 6.04. The molecule has 158 valence electrons. The predicted octanol–water partition coefficient (Wildman–Crippen LogP) is 4.09. The number of benzene rings is 2. The molecule has 4 rings (SSSR count). The maximum atomic E-state index is 13.3. The van der Waals surface area contributed by atoms with Gasteiger partial charge in [-0.2, -0.15) is 0 Å². The number of nitrogens with zero attached hydrogens (tertiary/aromatic N) is 1. The Morgan fingerprint density at radius 1 is 1.03 bits per heavy atom. The van der Waals surface area contributed by atoms with Crippen molar-refractivity contribution < 1.29 is 14.0 Å². The van der Waals surface area contributed by atoms with Gasteiger partial charge in [0.2, 0.25) is 5.91 Å². The molecule has 3 N–H and O–H groups in total. The Labute approximate surface area is 176 Å². The molecule has 2 unspecified atom stereocenters. The van der Waals surface area contributed by atoms with Crippen LogP contribution < -0.4 is 11.1 Å². The molecular formula is C24H28FN3O2. The van der Waals surface area contributed by atoms with Crippen molar-refractivity contribution in [1.82, 2.24) is 4.90 Å². The van der Waals surface area contributed by atoms with E-state index < -0.39 is 5.82 Å². The molecule has 2 aromatic rings. The highest BCUT2D eigenvalue weighted by Gasteiger charge is 2.38. The van der Waals surface area contributed by atoms with Crippen LogP contribution in [-0.4, -0.2) is 28.8 Å². The first-order chi connectivity index (χ1) is 14.5. The highest BCUT2D eigenvalue weighted by atomic mass is 19.1. The zero-order chi connectivity index (χ0) is 21.1. The van der Waals surface area contributed by atoms with Crippen molar-refractivity contribution in [2.75, 3.05) is 5.32 Å². The average molecular weight is 410 g/mol. The second kappa shape index (κ2) is 8.96. The van der Waals surface area contributed by atoms with E-state index in [1.54, 1.807) is 6.07 Å². The molecule has 2 aliphatic rings. The van der Waals surface area contributed by atoms with E-state index in [4.69, 9.17) is 5.73 Å². The summed E-state index contributed by atoms with van der Waals surface area (Å²) in [6.45, 7) is 0.534. The Kier molecular flexibility index (Phi) is 6.13. The topological polar surface area (TPSA) is 75.4 Å². The summed E-state index contributed by atoms with van der Waals surface area (Å²) in [6.07, 6.45) is 6.11. The number of hydrogen-bond acceptors (Lipinski definition) is 3. The summed E-state index contributed by atoms with van der Waals surface area (Å²) in [5.41, 5.74) is 8.27. The van der Waals surface area contributed by atoms with Crippen LogP contribution in [0.3, 0.4) is 0 Å². The van der Waals surface area contributed by atoms with Crippen LogP contribution in [0.1, 0.15) is 54.4 Å². The van der Waals surface area contributed by atoms with E-state index in [0.29, 0.717) is 12.2 Å². The minimum Gasteiger partial charge on any atom is -0.334 e. The monoisotopic (exact) mass is 409 g/mol. The van der Waals surface area contributed by atoms with Crippen LogP contribution in [0.15, 0.2) is 48.5 Å². The van der Waals surface area contributed by atoms with Gasteiger partial charge in [0.15, 0.2) is 0 Å². The number of nitrogens with two attached hydrogens (primary N) is 1. The number of carbonyl (C=O) groups excluding carboxylic acids is 2. The molecule has 6 heteroatoms. The first-order valence-corrected chi connectivity index (χ1v) is 10.7. The number of rotatable bonds is 6. The fourth-order valence-corrected chi connectivity index (χ4v) is 4.17. The lowest BCUT2D eigenvalue weighted by molar-refractivity contribution is -0.136. The minimum absolute atomic E-state index is 0.0336. The number of anilines is 1. The van der Waals surface area contributed by atoms with Crippen molar-refractivity contribution in [1.29, 1.82) is 0 Å². The molecule has 5 nitrogen and oxygen atoms in total. The van der Waals surface area contributed by atoms with Crippen molar-refractivity contribution >= 4 is 17.5 Å². The molecule has 2 fully saturated rings. The maximum Gasteiger partial charge on any atom is 0.255 e. The zero-order valence-electron chi connectivity index (χ0n) is 17.0. The largest absolute Gasteiger partial charge is 0.334 e. The molecule has 0 aromatic heterocycles. The van der Waals surface area contributed by atoms with E-state index in [1.165, 1.54) is 18.2 Å². The summed E-state index contributed by atoms with van der Waals surface area (Å²) in [4.78, 5) is 27.2. The Balaban J connectivity index is 1.44. The smallest absolute Gasteiger partial charge is 0.255 e. The molecular weight excluding hydrogens is 381 g/mol. The standard InChI is InChI=1S/C24H28FN3O2/c25-19-5-3-4-18(14-19)23(29)27-20-12-8-16(9-13-20)15-28(24(30)17-10-11-17)22-7-2-1-6-21(22)26/h3-5,8-9,12-14,17,21-22H,1-2,6-7,10-11,15,26H2,(H,27,29). The van der Waals surface area contributed by atoms with Crippen molar-refractivity contribution in [3.8, 4) is 0 Å². The molecule has 0 saturated heterocycles. The maximum absolute atomic E-state index is 13.3. The Hall–Kier alpha value is -2.73. The predicted molar refractivity (Wildman–Crippen MR) is 114 cm³/mol. The normalized spacial score (nSPS) is 21.1. The molecule has 0 bridgehead atoms. The van der Waals surface area contributed by atoms with E-state index >= 15 is 0 Å². The van der Waals surface area contributed by atoms with Crippen LogP contribution in [0.2, 0.25) is 0 Å². The van der Waals surface area contributed by atoms with Gasteiger partial charge in [0.1, 0.15) is 5.82 Å². The van der Waals surface area contributed by atoms with Crippen LogP contribution in [-0.2, 0) is 11.3 Å². The summed E-state index contributed by atoms with van der Waals surface area (Å²) >= 11 is 0. The lowest BCUT2D eigenvalue weighted by atomic mass is 9.89. The molecule has 0 spiro atoms. The van der Waals surface area contributed by atoms with Gasteiger partial charge in [-0.15, -0.1) is 0 Å². The van der Waals surface area contributed by atoms with Gasteiger partial charge >= 0.3 is 0 Å². The van der Waals surface area contributed by atoms with E-state index in [1.807, 2.05) is 29.2 Å². The van der Waals surface area contributed by atoms with E-state index in [0.717, 1.165) is 44.1 Å². The molecule has 0 radical (unpaired) electrons. The summed E-state index contributed by atoms with van der Waals surface area (Å²) in [6, 6.07) is 13.2. The third-order valence-corrected chi connectivity index (χ3v) is 6.04. The van der Waals surface area contributed by atoms with Gasteiger partial charge in [0.25, 0.3) is 5.91 Å². The first kappa shape index (κ1) is 20.5. The third-order valence-electron chi connectivity index (χ3n) is 6.04. The van der Waals surface area contributed by atoms with E-state index in [9.17, 15) is 14.0 Å².